The van der Waals surface area contributed by atoms with E-state index in [2.05, 4.69) is 21.0 Å². The molecular weight excluding hydrogens is 372 g/mol. The molecule has 0 amide bonds. The Bertz CT molecular complexity index is 756. The van der Waals surface area contributed by atoms with E-state index in [0.29, 0.717) is 11.3 Å². The van der Waals surface area contributed by atoms with E-state index >= 15 is 0 Å². The van der Waals surface area contributed by atoms with Crippen molar-refractivity contribution in [3.8, 4) is 16.9 Å². The van der Waals surface area contributed by atoms with Crippen LogP contribution in [0.5, 0.6) is 5.75 Å². The van der Waals surface area contributed by atoms with Crippen molar-refractivity contribution in [2.75, 3.05) is 13.9 Å². The van der Waals surface area contributed by atoms with E-state index < -0.39 is 15.3 Å². The van der Waals surface area contributed by atoms with Crippen LogP contribution in [0, 0.1) is 0 Å². The fourth-order valence-corrected chi connectivity index (χ4v) is 2.96. The van der Waals surface area contributed by atoms with Crippen LogP contribution in [0.3, 0.4) is 0 Å². The van der Waals surface area contributed by atoms with Gasteiger partial charge in [-0.15, -0.1) is 0 Å². The summed E-state index contributed by atoms with van der Waals surface area (Å²) in [4.78, 5) is 0. The molecule has 22 heavy (non-hydrogen) atoms. The van der Waals surface area contributed by atoms with Crippen LogP contribution in [0.25, 0.3) is 11.1 Å². The maximum Gasteiger partial charge on any atom is 0.256 e. The molecule has 120 valence electrons. The molecule has 0 fully saturated rings. The fraction of sp³-hybridized carbons (Fsp3) is 0.357. The molecule has 0 radical (unpaired) electrons. The Morgan fingerprint density at radius 2 is 2.05 bits per heavy atom. The third kappa shape index (κ3) is 3.50. The van der Waals surface area contributed by atoms with Gasteiger partial charge < -0.3 is 9.47 Å². The number of methoxy groups -OCH3 is 1. The molecule has 0 aliphatic carbocycles. The molecule has 1 aromatic heterocycles. The summed E-state index contributed by atoms with van der Waals surface area (Å²) in [5.41, 5.74) is 1.50. The summed E-state index contributed by atoms with van der Waals surface area (Å²) in [6.07, 6.45) is 3.02. The summed E-state index contributed by atoms with van der Waals surface area (Å²) in [6.45, 7) is 3.36. The highest BCUT2D eigenvalue weighted by Crippen LogP contribution is 2.31. The first-order chi connectivity index (χ1) is 10.4. The topological polar surface area (TPSA) is 70.4 Å². The first-order valence-corrected chi connectivity index (χ1v) is 8.86. The molecule has 6 nitrogen and oxygen atoms in total. The lowest BCUT2D eigenvalue weighted by molar-refractivity contribution is 0.0506. The highest BCUT2D eigenvalue weighted by molar-refractivity contribution is 9.10. The number of halogens is 1. The number of hydrogen-bond donors (Lipinski definition) is 0. The predicted molar refractivity (Wildman–Crippen MR) is 87.3 cm³/mol. The average Bonchev–Trinajstić information content (AvgIpc) is 2.96. The van der Waals surface area contributed by atoms with Crippen molar-refractivity contribution in [3.05, 3.63) is 35.1 Å². The zero-order chi connectivity index (χ0) is 16.3. The third-order valence-corrected chi connectivity index (χ3v) is 5.58. The highest BCUT2D eigenvalue weighted by Gasteiger charge is 2.20. The lowest BCUT2D eigenvalue weighted by Crippen LogP contribution is -2.22. The molecule has 2 aromatic rings. The zero-order valence-electron chi connectivity index (χ0n) is 12.5. The van der Waals surface area contributed by atoms with Gasteiger partial charge in [0.2, 0.25) is 0 Å². The largest absolute Gasteiger partial charge is 0.466 e. The molecule has 0 saturated carbocycles. The highest BCUT2D eigenvalue weighted by atomic mass is 79.9. The molecule has 0 aliphatic heterocycles. The fourth-order valence-electron chi connectivity index (χ4n) is 1.72. The number of rotatable bonds is 6. The van der Waals surface area contributed by atoms with Gasteiger partial charge in [-0.1, -0.05) is 6.07 Å². The Balaban J connectivity index is 2.35. The van der Waals surface area contributed by atoms with E-state index in [4.69, 9.17) is 9.47 Å². The van der Waals surface area contributed by atoms with Crippen LogP contribution >= 0.6 is 15.9 Å². The van der Waals surface area contributed by atoms with Gasteiger partial charge in [0, 0.05) is 12.7 Å². The van der Waals surface area contributed by atoms with Gasteiger partial charge in [0.05, 0.1) is 22.1 Å². The van der Waals surface area contributed by atoms with Crippen LogP contribution in [0.4, 0.5) is 0 Å². The van der Waals surface area contributed by atoms with Gasteiger partial charge in [-0.05, 0) is 47.5 Å². The second-order valence-electron chi connectivity index (χ2n) is 4.89. The van der Waals surface area contributed by atoms with E-state index in [1.165, 1.54) is 12.4 Å². The van der Waals surface area contributed by atoms with E-state index in [0.717, 1.165) is 14.1 Å². The van der Waals surface area contributed by atoms with Crippen molar-refractivity contribution in [1.29, 1.82) is 0 Å². The molecule has 0 bridgehead atoms. The quantitative estimate of drug-likeness (QED) is 0.711. The van der Waals surface area contributed by atoms with Gasteiger partial charge in [0.15, 0.2) is 6.79 Å². The lowest BCUT2D eigenvalue weighted by atomic mass is 10.1. The number of hydrogen-bond acceptors (Lipinski definition) is 5. The SMILES string of the molecule is COCOc1cc(-c2cnn(S(=O)(=O)C(C)C)c2)ccc1Br. The van der Waals surface area contributed by atoms with Crippen LogP contribution < -0.4 is 4.74 Å². The van der Waals surface area contributed by atoms with Crippen LogP contribution in [0.15, 0.2) is 35.1 Å². The molecule has 0 unspecified atom stereocenters. The summed E-state index contributed by atoms with van der Waals surface area (Å²) >= 11 is 3.39. The summed E-state index contributed by atoms with van der Waals surface area (Å²) in [5, 5.41) is 3.41. The molecule has 1 heterocycles. The monoisotopic (exact) mass is 388 g/mol. The molecule has 0 saturated heterocycles. The number of nitrogens with zero attached hydrogens (tertiary/aromatic N) is 2. The van der Waals surface area contributed by atoms with E-state index in [1.54, 1.807) is 27.0 Å². The van der Waals surface area contributed by atoms with Crippen molar-refractivity contribution in [3.63, 3.8) is 0 Å². The molecule has 1 aromatic carbocycles. The van der Waals surface area contributed by atoms with Gasteiger partial charge in [0.1, 0.15) is 5.75 Å². The Morgan fingerprint density at radius 1 is 1.32 bits per heavy atom. The van der Waals surface area contributed by atoms with E-state index in [1.807, 2.05) is 12.1 Å². The minimum absolute atomic E-state index is 0.128. The van der Waals surface area contributed by atoms with Gasteiger partial charge in [-0.25, -0.2) is 8.42 Å². The molecule has 8 heteroatoms. The Kier molecular flexibility index (Phi) is 5.25. The lowest BCUT2D eigenvalue weighted by Gasteiger charge is -2.08. The van der Waals surface area contributed by atoms with Gasteiger partial charge in [0.25, 0.3) is 10.0 Å². The second-order valence-corrected chi connectivity index (χ2v) is 8.09. The van der Waals surface area contributed by atoms with Crippen molar-refractivity contribution in [2.24, 2.45) is 0 Å². The summed E-state index contributed by atoms with van der Waals surface area (Å²) in [6, 6.07) is 5.48. The van der Waals surface area contributed by atoms with Crippen LogP contribution in [0.1, 0.15) is 13.8 Å². The van der Waals surface area contributed by atoms with Crippen molar-refractivity contribution in [1.82, 2.24) is 9.19 Å². The van der Waals surface area contributed by atoms with E-state index in [-0.39, 0.29) is 6.79 Å². The van der Waals surface area contributed by atoms with Gasteiger partial charge >= 0.3 is 0 Å². The van der Waals surface area contributed by atoms with E-state index in [9.17, 15) is 8.42 Å². The first kappa shape index (κ1) is 17.0. The van der Waals surface area contributed by atoms with Crippen molar-refractivity contribution < 1.29 is 17.9 Å². The minimum atomic E-state index is -3.45. The van der Waals surface area contributed by atoms with Crippen LogP contribution in [-0.4, -0.2) is 36.8 Å². The van der Waals surface area contributed by atoms with Gasteiger partial charge in [-0.2, -0.15) is 9.19 Å². The summed E-state index contributed by atoms with van der Waals surface area (Å²) in [5.74, 6) is 0.610. The summed E-state index contributed by atoms with van der Waals surface area (Å²) < 4.78 is 36.3. The normalized spacial score (nSPS) is 11.9. The Morgan fingerprint density at radius 3 is 2.68 bits per heavy atom. The third-order valence-electron chi connectivity index (χ3n) is 3.01. The molecule has 2 rings (SSSR count). The first-order valence-electron chi connectivity index (χ1n) is 6.57. The second kappa shape index (κ2) is 6.80. The van der Waals surface area contributed by atoms with Crippen molar-refractivity contribution >= 4 is 26.0 Å². The molecule has 0 atom stereocenters. The standard InChI is InChI=1S/C14H17BrN2O4S/c1-10(2)22(18,19)17-8-12(7-16-17)11-4-5-13(15)14(6-11)21-9-20-3/h4-8,10H,9H2,1-3H3. The Hall–Kier alpha value is -1.38. The maximum atomic E-state index is 12.1. The number of ether oxygens (including phenoxy) is 2. The smallest absolute Gasteiger partial charge is 0.256 e. The predicted octanol–water partition coefficient (Wildman–Crippen LogP) is 2.88. The maximum absolute atomic E-state index is 12.1. The molecule has 0 aliphatic rings. The molecule has 0 N–H and O–H groups in total. The van der Waals surface area contributed by atoms with Crippen LogP contribution in [-0.2, 0) is 14.8 Å². The number of benzene rings is 1. The van der Waals surface area contributed by atoms with Gasteiger partial charge in [-0.3, -0.25) is 0 Å². The average molecular weight is 389 g/mol. The molecule has 0 spiro atoms. The summed E-state index contributed by atoms with van der Waals surface area (Å²) in [7, 11) is -1.91. The number of aromatic nitrogens is 2. The van der Waals surface area contributed by atoms with Crippen molar-refractivity contribution in [2.45, 2.75) is 19.1 Å². The minimum Gasteiger partial charge on any atom is -0.466 e. The zero-order valence-corrected chi connectivity index (χ0v) is 14.9. The Labute approximate surface area is 138 Å². The molecular formula is C14H17BrN2O4S. The van der Waals surface area contributed by atoms with Crippen LogP contribution in [0.2, 0.25) is 0 Å².